The van der Waals surface area contributed by atoms with Gasteiger partial charge in [-0.3, -0.25) is 0 Å². The Morgan fingerprint density at radius 3 is 2.56 bits per heavy atom. The Kier molecular flexibility index (Phi) is 5.23. The van der Waals surface area contributed by atoms with Gasteiger partial charge in [-0.1, -0.05) is 25.7 Å². The number of aliphatic hydroxyl groups is 1. The van der Waals surface area contributed by atoms with Gasteiger partial charge in [-0.25, -0.2) is 4.98 Å². The Morgan fingerprint density at radius 2 is 1.96 bits per heavy atom. The van der Waals surface area contributed by atoms with Crippen molar-refractivity contribution >= 4 is 13.9 Å². The molecule has 1 fully saturated rings. The molecule has 1 N–H and O–H groups in total. The Morgan fingerprint density at radius 1 is 1.28 bits per heavy atom. The molecule has 6 nitrogen and oxygen atoms in total. The van der Waals surface area contributed by atoms with E-state index in [0.717, 1.165) is 36.9 Å². The molecular weight excluding hydrogens is 336 g/mol. The number of ether oxygens (including phenoxy) is 3. The largest absolute Gasteiger partial charge is 0.385 e. The summed E-state index contributed by atoms with van der Waals surface area (Å²) in [4.78, 5) is 6.92. The fourth-order valence-corrected chi connectivity index (χ4v) is 4.31. The predicted molar refractivity (Wildman–Crippen MR) is 99.4 cm³/mol. The highest BCUT2D eigenvalue weighted by Crippen LogP contribution is 2.52. The van der Waals surface area contributed by atoms with Gasteiger partial charge in [-0.2, -0.15) is 0 Å². The smallest absolute Gasteiger partial charge is 0.200 e. The van der Waals surface area contributed by atoms with E-state index in [9.17, 15) is 5.11 Å². The van der Waals surface area contributed by atoms with E-state index in [4.69, 9.17) is 19.2 Å². The van der Waals surface area contributed by atoms with E-state index in [0.29, 0.717) is 12.4 Å². The van der Waals surface area contributed by atoms with E-state index in [1.807, 2.05) is 12.1 Å². The normalized spacial score (nSPS) is 25.1. The van der Waals surface area contributed by atoms with Crippen molar-refractivity contribution in [3.8, 4) is 0 Å². The zero-order chi connectivity index (χ0) is 18.2. The zero-order valence-corrected chi connectivity index (χ0v) is 16.9. The van der Waals surface area contributed by atoms with Gasteiger partial charge in [0, 0.05) is 53.3 Å². The average Bonchev–Trinajstić information content (AvgIpc) is 2.52. The fraction of sp³-hybridized carbons (Fsp3) is 0.722. The van der Waals surface area contributed by atoms with Crippen molar-refractivity contribution in [1.29, 1.82) is 0 Å². The van der Waals surface area contributed by atoms with Crippen molar-refractivity contribution in [2.45, 2.75) is 56.5 Å². The summed E-state index contributed by atoms with van der Waals surface area (Å²) in [6, 6.07) is 5.26. The summed E-state index contributed by atoms with van der Waals surface area (Å²) in [5, 5.41) is 10.8. The minimum atomic E-state index is -1.10. The topological polar surface area (TPSA) is 64.1 Å². The summed E-state index contributed by atoms with van der Waals surface area (Å²) in [5.74, 6) is 0.801. The molecular formula is C18H30N2O4Si. The van der Waals surface area contributed by atoms with Gasteiger partial charge >= 0.3 is 0 Å². The Hall–Kier alpha value is -0.993. The second kappa shape index (κ2) is 6.96. The Labute approximate surface area is 151 Å². The number of methoxy groups -OCH3 is 2. The number of aromatic nitrogens is 1. The van der Waals surface area contributed by atoms with E-state index in [1.165, 1.54) is 0 Å². The molecule has 0 spiro atoms. The summed E-state index contributed by atoms with van der Waals surface area (Å²) < 4.78 is 16.6. The van der Waals surface area contributed by atoms with Crippen LogP contribution in [0.4, 0.5) is 5.82 Å². The van der Waals surface area contributed by atoms with Crippen LogP contribution in [-0.4, -0.2) is 51.8 Å². The van der Waals surface area contributed by atoms with Gasteiger partial charge in [0.25, 0.3) is 0 Å². The SMILES string of the molecule is COC(OC)c1ccc2c(n1)N(COCC[Si](C)(C)C)C1CC2(O)C1. The van der Waals surface area contributed by atoms with Gasteiger partial charge in [-0.15, -0.1) is 0 Å². The van der Waals surface area contributed by atoms with E-state index in [1.54, 1.807) is 14.2 Å². The first-order valence-electron chi connectivity index (χ1n) is 8.91. The molecule has 0 aromatic carbocycles. The first-order chi connectivity index (χ1) is 11.8. The summed E-state index contributed by atoms with van der Waals surface area (Å²) in [6.07, 6.45) is 0.986. The second-order valence-electron chi connectivity index (χ2n) is 8.32. The summed E-state index contributed by atoms with van der Waals surface area (Å²) in [6.45, 7) is 8.34. The molecule has 1 aromatic heterocycles. The number of rotatable bonds is 8. The molecule has 0 radical (unpaired) electrons. The van der Waals surface area contributed by atoms with Crippen LogP contribution in [0.5, 0.6) is 0 Å². The number of hydrogen-bond donors (Lipinski definition) is 1. The molecule has 3 heterocycles. The fourth-order valence-electron chi connectivity index (χ4n) is 3.56. The van der Waals surface area contributed by atoms with Crippen molar-refractivity contribution in [3.63, 3.8) is 0 Å². The maximum Gasteiger partial charge on any atom is 0.200 e. The van der Waals surface area contributed by atoms with E-state index in [-0.39, 0.29) is 6.04 Å². The molecule has 0 atom stereocenters. The molecule has 3 aliphatic rings. The van der Waals surface area contributed by atoms with E-state index >= 15 is 0 Å². The second-order valence-corrected chi connectivity index (χ2v) is 13.9. The lowest BCUT2D eigenvalue weighted by molar-refractivity contribution is -0.109. The average molecular weight is 367 g/mol. The monoisotopic (exact) mass is 366 g/mol. The van der Waals surface area contributed by atoms with E-state index < -0.39 is 20.0 Å². The summed E-state index contributed by atoms with van der Waals surface area (Å²) in [7, 11) is 2.09. The van der Waals surface area contributed by atoms with Crippen molar-refractivity contribution in [2.24, 2.45) is 0 Å². The van der Waals surface area contributed by atoms with Gasteiger partial charge in [0.1, 0.15) is 12.5 Å². The molecule has 4 rings (SSSR count). The molecule has 0 unspecified atom stereocenters. The van der Waals surface area contributed by atoms with Gasteiger partial charge in [0.2, 0.25) is 6.29 Å². The number of nitrogens with zero attached hydrogens (tertiary/aromatic N) is 2. The molecule has 1 aromatic rings. The van der Waals surface area contributed by atoms with Crippen LogP contribution in [0.1, 0.15) is 30.4 Å². The van der Waals surface area contributed by atoms with Crippen LogP contribution in [-0.2, 0) is 19.8 Å². The first kappa shape index (κ1) is 18.8. The molecule has 0 amide bonds. The highest BCUT2D eigenvalue weighted by atomic mass is 28.3. The lowest BCUT2D eigenvalue weighted by Gasteiger charge is -2.55. The third-order valence-corrected chi connectivity index (χ3v) is 6.86. The van der Waals surface area contributed by atoms with Crippen LogP contribution < -0.4 is 4.90 Å². The van der Waals surface area contributed by atoms with Gasteiger partial charge < -0.3 is 24.2 Å². The van der Waals surface area contributed by atoms with Gasteiger partial charge in [-0.05, 0) is 12.1 Å². The lowest BCUT2D eigenvalue weighted by Crippen LogP contribution is -2.59. The quantitative estimate of drug-likeness (QED) is 0.434. The van der Waals surface area contributed by atoms with Crippen LogP contribution in [0.2, 0.25) is 25.7 Å². The minimum absolute atomic E-state index is 0.288. The number of pyridine rings is 1. The maximum absolute atomic E-state index is 10.8. The molecule has 2 bridgehead atoms. The standard InChI is InChI=1S/C18H30N2O4Si/c1-22-17(23-2)15-7-6-14-16(19-15)20(13-10-18(14,21)11-13)12-24-8-9-25(3,4)5/h6-7,13,17,21H,8-12H2,1-5H3. The van der Waals surface area contributed by atoms with Crippen LogP contribution >= 0.6 is 0 Å². The Bertz CT molecular complexity index is 610. The maximum atomic E-state index is 10.8. The van der Waals surface area contributed by atoms with Crippen LogP contribution in [0, 0.1) is 0 Å². The molecule has 1 saturated carbocycles. The lowest BCUT2D eigenvalue weighted by atomic mass is 9.67. The third-order valence-electron chi connectivity index (χ3n) is 5.15. The zero-order valence-electron chi connectivity index (χ0n) is 15.9. The van der Waals surface area contributed by atoms with E-state index in [2.05, 4.69) is 24.5 Å². The molecule has 0 saturated heterocycles. The molecule has 140 valence electrons. The summed E-state index contributed by atoms with van der Waals surface area (Å²) >= 11 is 0. The van der Waals surface area contributed by atoms with Crippen LogP contribution in [0.25, 0.3) is 0 Å². The molecule has 1 aliphatic carbocycles. The van der Waals surface area contributed by atoms with Crippen LogP contribution in [0.3, 0.4) is 0 Å². The van der Waals surface area contributed by atoms with Gasteiger partial charge in [0.15, 0.2) is 0 Å². The minimum Gasteiger partial charge on any atom is -0.385 e. The van der Waals surface area contributed by atoms with Crippen LogP contribution in [0.15, 0.2) is 12.1 Å². The van der Waals surface area contributed by atoms with Crippen molar-refractivity contribution in [1.82, 2.24) is 4.98 Å². The Balaban J connectivity index is 1.77. The summed E-state index contributed by atoms with van der Waals surface area (Å²) in [5.41, 5.74) is 0.856. The first-order valence-corrected chi connectivity index (χ1v) is 12.6. The van der Waals surface area contributed by atoms with Gasteiger partial charge in [0.05, 0.1) is 11.3 Å². The molecule has 7 heteroatoms. The highest BCUT2D eigenvalue weighted by Gasteiger charge is 2.53. The predicted octanol–water partition coefficient (Wildman–Crippen LogP) is 2.86. The van der Waals surface area contributed by atoms with Crippen molar-refractivity contribution in [2.75, 3.05) is 32.5 Å². The highest BCUT2D eigenvalue weighted by molar-refractivity contribution is 6.76. The number of hydrogen-bond acceptors (Lipinski definition) is 6. The third kappa shape index (κ3) is 3.75. The van der Waals surface area contributed by atoms with Crippen molar-refractivity contribution < 1.29 is 19.3 Å². The van der Waals surface area contributed by atoms with Crippen molar-refractivity contribution in [3.05, 3.63) is 23.4 Å². The molecule has 2 aliphatic heterocycles. The molecule has 25 heavy (non-hydrogen) atoms. The number of anilines is 1.